The molecule has 0 bridgehead atoms. The molecule has 0 aromatic carbocycles. The van der Waals surface area contributed by atoms with Gasteiger partial charge in [0.25, 0.3) is 0 Å². The monoisotopic (exact) mass is 180 g/mol. The van der Waals surface area contributed by atoms with Gasteiger partial charge in [0.15, 0.2) is 0 Å². The number of fused-ring (bicyclic) bond motifs is 1. The van der Waals surface area contributed by atoms with Gasteiger partial charge in [0.1, 0.15) is 0 Å². The molecule has 0 amide bonds. The average molecular weight is 180 g/mol. The van der Waals surface area contributed by atoms with Crippen molar-refractivity contribution in [2.24, 2.45) is 11.8 Å². The van der Waals surface area contributed by atoms with E-state index in [-0.39, 0.29) is 0 Å². The van der Waals surface area contributed by atoms with Crippen LogP contribution < -0.4 is 5.32 Å². The van der Waals surface area contributed by atoms with Crippen molar-refractivity contribution in [3.63, 3.8) is 0 Å². The van der Waals surface area contributed by atoms with Gasteiger partial charge >= 0.3 is 0 Å². The molecular weight excluding hydrogens is 160 g/mol. The van der Waals surface area contributed by atoms with Gasteiger partial charge in [-0.05, 0) is 63.7 Å². The normalized spacial score (nSPS) is 45.7. The van der Waals surface area contributed by atoms with Crippen LogP contribution in [0.2, 0.25) is 0 Å². The summed E-state index contributed by atoms with van der Waals surface area (Å²) < 4.78 is 0. The molecule has 0 unspecified atom stereocenters. The highest BCUT2D eigenvalue weighted by atomic mass is 15.2. The Hall–Kier alpha value is -0.0800. The standard InChI is InChI=1S/C11H20N2/c1-2-6-13(5-1)11-4-3-9-7-12-8-10(9)11/h9-12H,1-8H2/t9-,10-,11-/m1/s1. The molecule has 3 rings (SSSR count). The van der Waals surface area contributed by atoms with Crippen molar-refractivity contribution in [3.05, 3.63) is 0 Å². The predicted octanol–water partition coefficient (Wildman–Crippen LogP) is 1.08. The number of rotatable bonds is 1. The average Bonchev–Trinajstić information content (AvgIpc) is 2.79. The molecule has 3 aliphatic rings. The number of hydrogen-bond donors (Lipinski definition) is 1. The fourth-order valence-electron chi connectivity index (χ4n) is 3.65. The van der Waals surface area contributed by atoms with E-state index in [0.717, 1.165) is 17.9 Å². The van der Waals surface area contributed by atoms with Gasteiger partial charge in [0.05, 0.1) is 0 Å². The molecule has 2 heterocycles. The van der Waals surface area contributed by atoms with E-state index in [0.29, 0.717) is 0 Å². The summed E-state index contributed by atoms with van der Waals surface area (Å²) in [6, 6.07) is 0.947. The number of likely N-dealkylation sites (tertiary alicyclic amines) is 1. The van der Waals surface area contributed by atoms with Crippen LogP contribution in [0.5, 0.6) is 0 Å². The first kappa shape index (κ1) is 8.25. The predicted molar refractivity (Wildman–Crippen MR) is 53.7 cm³/mol. The van der Waals surface area contributed by atoms with E-state index < -0.39 is 0 Å². The molecule has 2 heteroatoms. The Kier molecular flexibility index (Phi) is 2.06. The van der Waals surface area contributed by atoms with Crippen LogP contribution in [0.4, 0.5) is 0 Å². The minimum atomic E-state index is 0.947. The Balaban J connectivity index is 1.70. The molecule has 3 atom stereocenters. The lowest BCUT2D eigenvalue weighted by molar-refractivity contribution is 0.196. The molecule has 1 aliphatic carbocycles. The summed E-state index contributed by atoms with van der Waals surface area (Å²) in [4.78, 5) is 2.76. The van der Waals surface area contributed by atoms with Crippen molar-refractivity contribution < 1.29 is 0 Å². The minimum Gasteiger partial charge on any atom is -0.316 e. The van der Waals surface area contributed by atoms with E-state index in [9.17, 15) is 0 Å². The number of nitrogens with one attached hydrogen (secondary N) is 1. The molecule has 0 aromatic heterocycles. The Morgan fingerprint density at radius 1 is 1.00 bits per heavy atom. The van der Waals surface area contributed by atoms with Gasteiger partial charge in [0, 0.05) is 6.04 Å². The van der Waals surface area contributed by atoms with Crippen LogP contribution >= 0.6 is 0 Å². The van der Waals surface area contributed by atoms with Crippen molar-refractivity contribution in [2.75, 3.05) is 26.2 Å². The zero-order valence-corrected chi connectivity index (χ0v) is 8.34. The van der Waals surface area contributed by atoms with Crippen molar-refractivity contribution in [1.82, 2.24) is 10.2 Å². The lowest BCUT2D eigenvalue weighted by atomic mass is 9.97. The van der Waals surface area contributed by atoms with Gasteiger partial charge in [0.2, 0.25) is 0 Å². The lowest BCUT2D eigenvalue weighted by Crippen LogP contribution is -2.37. The van der Waals surface area contributed by atoms with Gasteiger partial charge in [-0.15, -0.1) is 0 Å². The van der Waals surface area contributed by atoms with Crippen molar-refractivity contribution in [2.45, 2.75) is 31.7 Å². The third-order valence-electron chi connectivity index (χ3n) is 4.33. The molecule has 0 aromatic rings. The van der Waals surface area contributed by atoms with Crippen molar-refractivity contribution in [1.29, 1.82) is 0 Å². The van der Waals surface area contributed by atoms with Crippen LogP contribution in [0.25, 0.3) is 0 Å². The smallest absolute Gasteiger partial charge is 0.0139 e. The number of hydrogen-bond acceptors (Lipinski definition) is 2. The summed E-state index contributed by atoms with van der Waals surface area (Å²) in [6.45, 7) is 5.36. The molecule has 0 radical (unpaired) electrons. The molecule has 74 valence electrons. The van der Waals surface area contributed by atoms with Gasteiger partial charge in [-0.1, -0.05) is 0 Å². The van der Waals surface area contributed by atoms with E-state index in [1.165, 1.54) is 51.9 Å². The summed E-state index contributed by atoms with van der Waals surface area (Å²) in [5, 5.41) is 3.55. The van der Waals surface area contributed by atoms with Crippen LogP contribution in [0.15, 0.2) is 0 Å². The molecule has 2 nitrogen and oxygen atoms in total. The third-order valence-corrected chi connectivity index (χ3v) is 4.33. The maximum atomic E-state index is 3.55. The fraction of sp³-hybridized carbons (Fsp3) is 1.00. The maximum Gasteiger partial charge on any atom is 0.0139 e. The molecular formula is C11H20N2. The van der Waals surface area contributed by atoms with E-state index in [1.54, 1.807) is 0 Å². The molecule has 0 spiro atoms. The largest absolute Gasteiger partial charge is 0.316 e. The lowest BCUT2D eigenvalue weighted by Gasteiger charge is -2.28. The third kappa shape index (κ3) is 1.31. The molecule has 1 N–H and O–H groups in total. The Morgan fingerprint density at radius 2 is 1.85 bits per heavy atom. The van der Waals surface area contributed by atoms with Crippen LogP contribution in [0.3, 0.4) is 0 Å². The second-order valence-corrected chi connectivity index (χ2v) is 4.97. The zero-order chi connectivity index (χ0) is 8.67. The van der Waals surface area contributed by atoms with Crippen LogP contribution in [-0.4, -0.2) is 37.1 Å². The van der Waals surface area contributed by atoms with Gasteiger partial charge < -0.3 is 10.2 Å². The summed E-state index contributed by atoms with van der Waals surface area (Å²) in [5.74, 6) is 2.02. The SMILES string of the molecule is C1CCN([C@@H]2CC[C@@H]3CNC[C@H]32)C1. The first-order chi connectivity index (χ1) is 6.45. The highest BCUT2D eigenvalue weighted by molar-refractivity contribution is 4.97. The van der Waals surface area contributed by atoms with E-state index in [1.807, 2.05) is 0 Å². The maximum absolute atomic E-state index is 3.55. The highest BCUT2D eigenvalue weighted by Gasteiger charge is 2.42. The Labute approximate surface area is 80.7 Å². The first-order valence-electron chi connectivity index (χ1n) is 5.90. The molecule has 2 aliphatic heterocycles. The topological polar surface area (TPSA) is 15.3 Å². The van der Waals surface area contributed by atoms with Gasteiger partial charge in [-0.3, -0.25) is 0 Å². The molecule has 2 saturated heterocycles. The number of nitrogens with zero attached hydrogens (tertiary/aromatic N) is 1. The minimum absolute atomic E-state index is 0.947. The van der Waals surface area contributed by atoms with E-state index in [4.69, 9.17) is 0 Å². The summed E-state index contributed by atoms with van der Waals surface area (Å²) in [6.07, 6.45) is 5.86. The Morgan fingerprint density at radius 3 is 2.69 bits per heavy atom. The fourth-order valence-corrected chi connectivity index (χ4v) is 3.65. The summed E-state index contributed by atoms with van der Waals surface area (Å²) >= 11 is 0. The quantitative estimate of drug-likeness (QED) is 0.649. The highest BCUT2D eigenvalue weighted by Crippen LogP contribution is 2.38. The van der Waals surface area contributed by atoms with Gasteiger partial charge in [-0.2, -0.15) is 0 Å². The van der Waals surface area contributed by atoms with E-state index >= 15 is 0 Å². The molecule has 13 heavy (non-hydrogen) atoms. The van der Waals surface area contributed by atoms with Crippen LogP contribution in [-0.2, 0) is 0 Å². The second-order valence-electron chi connectivity index (χ2n) is 4.97. The molecule has 1 saturated carbocycles. The first-order valence-corrected chi connectivity index (χ1v) is 5.90. The zero-order valence-electron chi connectivity index (χ0n) is 8.34. The summed E-state index contributed by atoms with van der Waals surface area (Å²) in [7, 11) is 0. The Bertz CT molecular complexity index is 187. The van der Waals surface area contributed by atoms with Crippen molar-refractivity contribution >= 4 is 0 Å². The van der Waals surface area contributed by atoms with Crippen LogP contribution in [0, 0.1) is 11.8 Å². The van der Waals surface area contributed by atoms with Crippen LogP contribution in [0.1, 0.15) is 25.7 Å². The molecule has 3 fully saturated rings. The van der Waals surface area contributed by atoms with E-state index in [2.05, 4.69) is 10.2 Å². The van der Waals surface area contributed by atoms with Gasteiger partial charge in [-0.25, -0.2) is 0 Å². The second kappa shape index (κ2) is 3.25. The van der Waals surface area contributed by atoms with Crippen molar-refractivity contribution in [3.8, 4) is 0 Å². The summed E-state index contributed by atoms with van der Waals surface area (Å²) in [5.41, 5.74) is 0.